The van der Waals surface area contributed by atoms with Gasteiger partial charge in [-0.1, -0.05) is 17.7 Å². The van der Waals surface area contributed by atoms with E-state index in [1.165, 1.54) is 0 Å². The van der Waals surface area contributed by atoms with Gasteiger partial charge in [0.25, 0.3) is 0 Å². The Morgan fingerprint density at radius 3 is 2.57 bits per heavy atom. The molecule has 1 heterocycles. The van der Waals surface area contributed by atoms with Gasteiger partial charge in [-0.2, -0.15) is 0 Å². The molecule has 2 rings (SSSR count). The number of carbonyl (C=O) groups is 1. The number of nitrogens with one attached hydrogen (secondary N) is 2. The van der Waals surface area contributed by atoms with Gasteiger partial charge in [-0.05, 0) is 31.5 Å². The third-order valence-electron chi connectivity index (χ3n) is 3.54. The average Bonchev–Trinajstić information content (AvgIpc) is 2.43. The van der Waals surface area contributed by atoms with Crippen LogP contribution in [0, 0.1) is 6.92 Å². The van der Waals surface area contributed by atoms with Gasteiger partial charge in [-0.15, -0.1) is 24.8 Å². The number of anilines is 1. The normalized spacial score (nSPS) is 16.3. The molecule has 1 aromatic rings. The molecule has 0 aromatic heterocycles. The third kappa shape index (κ3) is 5.64. The van der Waals surface area contributed by atoms with Crippen LogP contribution in [0.25, 0.3) is 0 Å². The summed E-state index contributed by atoms with van der Waals surface area (Å²) in [5.74, 6) is 0.0206. The fourth-order valence-corrected chi connectivity index (χ4v) is 2.37. The molecule has 1 saturated heterocycles. The SMILES string of the molecule is Cc1ccc(Cl)cc1NC(=O)C(C)N1CCNCC1.Cl.Cl. The lowest BCUT2D eigenvalue weighted by Crippen LogP contribution is -2.51. The maximum Gasteiger partial charge on any atom is 0.241 e. The van der Waals surface area contributed by atoms with Crippen LogP contribution in [0.1, 0.15) is 12.5 Å². The zero-order valence-corrected chi connectivity index (χ0v) is 14.6. The first-order chi connectivity index (χ1) is 9.08. The number of halogens is 3. The van der Waals surface area contributed by atoms with E-state index in [0.29, 0.717) is 5.02 Å². The Kier molecular flexibility index (Phi) is 9.25. The molecule has 1 fully saturated rings. The third-order valence-corrected chi connectivity index (χ3v) is 3.77. The van der Waals surface area contributed by atoms with E-state index in [-0.39, 0.29) is 36.8 Å². The molecule has 0 saturated carbocycles. The van der Waals surface area contributed by atoms with Crippen molar-refractivity contribution in [2.75, 3.05) is 31.5 Å². The fourth-order valence-electron chi connectivity index (χ4n) is 2.20. The van der Waals surface area contributed by atoms with Crippen molar-refractivity contribution in [3.63, 3.8) is 0 Å². The molecule has 21 heavy (non-hydrogen) atoms. The first kappa shape index (κ1) is 20.5. The molecule has 120 valence electrons. The maximum atomic E-state index is 12.3. The van der Waals surface area contributed by atoms with Crippen molar-refractivity contribution in [1.29, 1.82) is 0 Å². The predicted molar refractivity (Wildman–Crippen MR) is 93.2 cm³/mol. The van der Waals surface area contributed by atoms with E-state index in [0.717, 1.165) is 37.4 Å². The fraction of sp³-hybridized carbons (Fsp3) is 0.500. The minimum Gasteiger partial charge on any atom is -0.324 e. The number of piperazine rings is 1. The van der Waals surface area contributed by atoms with Gasteiger partial charge in [0, 0.05) is 36.9 Å². The molecule has 1 aromatic carbocycles. The van der Waals surface area contributed by atoms with Crippen molar-refractivity contribution in [1.82, 2.24) is 10.2 Å². The van der Waals surface area contributed by atoms with Crippen LogP contribution in [0.5, 0.6) is 0 Å². The highest BCUT2D eigenvalue weighted by atomic mass is 35.5. The molecule has 0 radical (unpaired) electrons. The van der Waals surface area contributed by atoms with Crippen molar-refractivity contribution in [2.45, 2.75) is 19.9 Å². The number of carbonyl (C=O) groups excluding carboxylic acids is 1. The molecule has 0 spiro atoms. The number of aryl methyl sites for hydroxylation is 1. The lowest BCUT2D eigenvalue weighted by atomic mass is 10.1. The number of hydrogen-bond donors (Lipinski definition) is 2. The van der Waals surface area contributed by atoms with Crippen molar-refractivity contribution in [3.05, 3.63) is 28.8 Å². The lowest BCUT2D eigenvalue weighted by molar-refractivity contribution is -0.120. The summed E-state index contributed by atoms with van der Waals surface area (Å²) in [6.45, 7) is 7.59. The first-order valence-corrected chi connectivity index (χ1v) is 6.97. The molecule has 1 amide bonds. The second-order valence-electron chi connectivity index (χ2n) is 4.91. The molecule has 0 bridgehead atoms. The van der Waals surface area contributed by atoms with Crippen LogP contribution in [0.4, 0.5) is 5.69 Å². The highest BCUT2D eigenvalue weighted by Crippen LogP contribution is 2.20. The highest BCUT2D eigenvalue weighted by molar-refractivity contribution is 6.31. The molecular formula is C14H22Cl3N3O. The van der Waals surface area contributed by atoms with Gasteiger partial charge in [0.05, 0.1) is 6.04 Å². The van der Waals surface area contributed by atoms with E-state index in [2.05, 4.69) is 15.5 Å². The molecule has 1 aliphatic rings. The second kappa shape index (κ2) is 9.49. The van der Waals surface area contributed by atoms with Crippen molar-refractivity contribution in [3.8, 4) is 0 Å². The van der Waals surface area contributed by atoms with Gasteiger partial charge >= 0.3 is 0 Å². The van der Waals surface area contributed by atoms with Gasteiger partial charge in [-0.25, -0.2) is 0 Å². The topological polar surface area (TPSA) is 44.4 Å². The summed E-state index contributed by atoms with van der Waals surface area (Å²) in [6.07, 6.45) is 0. The van der Waals surface area contributed by atoms with Crippen LogP contribution in [-0.4, -0.2) is 43.0 Å². The van der Waals surface area contributed by atoms with Crippen molar-refractivity contribution < 1.29 is 4.79 Å². The van der Waals surface area contributed by atoms with Gasteiger partial charge < -0.3 is 10.6 Å². The number of nitrogens with zero attached hydrogens (tertiary/aromatic N) is 1. The van der Waals surface area contributed by atoms with Crippen LogP contribution >= 0.6 is 36.4 Å². The summed E-state index contributed by atoms with van der Waals surface area (Å²) < 4.78 is 0. The summed E-state index contributed by atoms with van der Waals surface area (Å²) in [7, 11) is 0. The summed E-state index contributed by atoms with van der Waals surface area (Å²) >= 11 is 5.96. The summed E-state index contributed by atoms with van der Waals surface area (Å²) in [5.41, 5.74) is 1.81. The van der Waals surface area contributed by atoms with E-state index in [4.69, 9.17) is 11.6 Å². The molecule has 0 aliphatic carbocycles. The molecule has 1 unspecified atom stereocenters. The van der Waals surface area contributed by atoms with E-state index in [9.17, 15) is 4.79 Å². The number of hydrogen-bond acceptors (Lipinski definition) is 3. The summed E-state index contributed by atoms with van der Waals surface area (Å²) in [5, 5.41) is 6.88. The Morgan fingerprint density at radius 2 is 1.95 bits per heavy atom. The maximum absolute atomic E-state index is 12.3. The van der Waals surface area contributed by atoms with E-state index in [1.54, 1.807) is 6.07 Å². The standard InChI is InChI=1S/C14H20ClN3O.2ClH/c1-10-3-4-12(15)9-13(10)17-14(19)11(2)18-7-5-16-6-8-18;;/h3-4,9,11,16H,5-8H2,1-2H3,(H,17,19);2*1H. The van der Waals surface area contributed by atoms with E-state index in [1.807, 2.05) is 26.0 Å². The predicted octanol–water partition coefficient (Wildman–Crippen LogP) is 2.72. The molecule has 4 nitrogen and oxygen atoms in total. The molecule has 7 heteroatoms. The summed E-state index contributed by atoms with van der Waals surface area (Å²) in [6, 6.07) is 5.40. The van der Waals surface area contributed by atoms with Gasteiger partial charge in [0.1, 0.15) is 0 Å². The Hall–Kier alpha value is -0.520. The van der Waals surface area contributed by atoms with Gasteiger partial charge in [0.2, 0.25) is 5.91 Å². The number of rotatable bonds is 3. The van der Waals surface area contributed by atoms with Crippen LogP contribution in [0.2, 0.25) is 5.02 Å². The Bertz CT molecular complexity index is 465. The molecular weight excluding hydrogens is 333 g/mol. The monoisotopic (exact) mass is 353 g/mol. The van der Waals surface area contributed by atoms with Crippen LogP contribution in [0.15, 0.2) is 18.2 Å². The second-order valence-corrected chi connectivity index (χ2v) is 5.35. The van der Waals surface area contributed by atoms with Gasteiger partial charge in [0.15, 0.2) is 0 Å². The molecule has 1 aliphatic heterocycles. The number of amides is 1. The number of benzene rings is 1. The van der Waals surface area contributed by atoms with Crippen LogP contribution in [-0.2, 0) is 4.79 Å². The highest BCUT2D eigenvalue weighted by Gasteiger charge is 2.22. The zero-order chi connectivity index (χ0) is 13.8. The van der Waals surface area contributed by atoms with E-state index < -0.39 is 0 Å². The summed E-state index contributed by atoms with van der Waals surface area (Å²) in [4.78, 5) is 14.4. The quantitative estimate of drug-likeness (QED) is 0.877. The zero-order valence-electron chi connectivity index (χ0n) is 12.2. The minimum atomic E-state index is -0.125. The van der Waals surface area contributed by atoms with Crippen LogP contribution in [0.3, 0.4) is 0 Å². The minimum absolute atomic E-state index is 0. The first-order valence-electron chi connectivity index (χ1n) is 6.59. The molecule has 1 atom stereocenters. The molecule has 2 N–H and O–H groups in total. The Morgan fingerprint density at radius 1 is 1.33 bits per heavy atom. The van der Waals surface area contributed by atoms with Crippen LogP contribution < -0.4 is 10.6 Å². The Balaban J connectivity index is 0.00000200. The largest absolute Gasteiger partial charge is 0.324 e. The average molecular weight is 355 g/mol. The Labute approximate surface area is 143 Å². The van der Waals surface area contributed by atoms with Crippen molar-refractivity contribution in [2.24, 2.45) is 0 Å². The van der Waals surface area contributed by atoms with E-state index >= 15 is 0 Å². The lowest BCUT2D eigenvalue weighted by Gasteiger charge is -2.31. The van der Waals surface area contributed by atoms with Gasteiger partial charge in [-0.3, -0.25) is 9.69 Å². The smallest absolute Gasteiger partial charge is 0.241 e. The van der Waals surface area contributed by atoms with Crippen molar-refractivity contribution >= 4 is 48.0 Å².